The van der Waals surface area contributed by atoms with Crippen molar-refractivity contribution in [1.82, 2.24) is 0 Å². The second-order valence-corrected chi connectivity index (χ2v) is 5.83. The van der Waals surface area contributed by atoms with Gasteiger partial charge < -0.3 is 14.2 Å². The SMILES string of the molecule is C=C(C(=O)OC(C)(C)OC(=O)OC(C)(C)C)C(=O)c1coo1. The molecule has 1 heterocycles. The number of esters is 1. The summed E-state index contributed by atoms with van der Waals surface area (Å²) in [6, 6.07) is 0. The monoisotopic (exact) mass is 314 g/mol. The number of carbonyl (C=O) groups is 3. The summed E-state index contributed by atoms with van der Waals surface area (Å²) in [4.78, 5) is 35.0. The minimum Gasteiger partial charge on any atom is -0.428 e. The van der Waals surface area contributed by atoms with Gasteiger partial charge in [-0.25, -0.2) is 9.59 Å². The zero-order chi connectivity index (χ0) is 17.1. The summed E-state index contributed by atoms with van der Waals surface area (Å²) in [5.74, 6) is -3.67. The maximum Gasteiger partial charge on any atom is 0.512 e. The van der Waals surface area contributed by atoms with Crippen molar-refractivity contribution in [1.29, 1.82) is 0 Å². The molecule has 0 saturated heterocycles. The van der Waals surface area contributed by atoms with E-state index in [0.29, 0.717) is 0 Å². The molecule has 0 aliphatic carbocycles. The number of carbonyl (C=O) groups excluding carboxylic acids is 3. The van der Waals surface area contributed by atoms with Gasteiger partial charge in [-0.3, -0.25) is 13.9 Å². The van der Waals surface area contributed by atoms with Crippen LogP contribution in [0.1, 0.15) is 45.2 Å². The normalized spacial score (nSPS) is 11.7. The number of hydrogen-bond acceptors (Lipinski definition) is 8. The van der Waals surface area contributed by atoms with Crippen molar-refractivity contribution in [3.8, 4) is 0 Å². The van der Waals surface area contributed by atoms with E-state index in [2.05, 4.69) is 15.7 Å². The van der Waals surface area contributed by atoms with E-state index in [1.54, 1.807) is 20.8 Å². The Hall–Kier alpha value is -2.51. The van der Waals surface area contributed by atoms with Crippen molar-refractivity contribution in [3.05, 3.63) is 24.2 Å². The Morgan fingerprint density at radius 1 is 1.05 bits per heavy atom. The maximum atomic E-state index is 11.8. The van der Waals surface area contributed by atoms with Gasteiger partial charge in [-0.15, -0.1) is 0 Å². The molecule has 0 aliphatic heterocycles. The van der Waals surface area contributed by atoms with Gasteiger partial charge in [-0.2, -0.15) is 0 Å². The quantitative estimate of drug-likeness (QED) is 0.155. The van der Waals surface area contributed by atoms with Crippen LogP contribution in [0.3, 0.4) is 0 Å². The minimum atomic E-state index is -1.64. The van der Waals surface area contributed by atoms with Gasteiger partial charge in [0, 0.05) is 13.8 Å². The van der Waals surface area contributed by atoms with Crippen LogP contribution in [0, 0.1) is 0 Å². The van der Waals surface area contributed by atoms with Gasteiger partial charge >= 0.3 is 12.1 Å². The lowest BCUT2D eigenvalue weighted by atomic mass is 10.1. The fourth-order valence-corrected chi connectivity index (χ4v) is 1.21. The summed E-state index contributed by atoms with van der Waals surface area (Å²) in [5.41, 5.74) is -1.25. The topological polar surface area (TPSA) is 105 Å². The summed E-state index contributed by atoms with van der Waals surface area (Å²) >= 11 is 0. The Morgan fingerprint density at radius 2 is 1.59 bits per heavy atom. The second-order valence-electron chi connectivity index (χ2n) is 5.83. The number of rotatable bonds is 5. The first-order valence-electron chi connectivity index (χ1n) is 6.34. The molecule has 0 unspecified atom stereocenters. The lowest BCUT2D eigenvalue weighted by Gasteiger charge is -2.27. The van der Waals surface area contributed by atoms with Gasteiger partial charge in [0.1, 0.15) is 11.2 Å². The summed E-state index contributed by atoms with van der Waals surface area (Å²) in [5, 5.41) is 0. The highest BCUT2D eigenvalue weighted by atomic mass is 17.0. The van der Waals surface area contributed by atoms with Crippen LogP contribution in [0.2, 0.25) is 0 Å². The molecule has 8 nitrogen and oxygen atoms in total. The van der Waals surface area contributed by atoms with Gasteiger partial charge in [0.2, 0.25) is 5.78 Å². The van der Waals surface area contributed by atoms with Crippen LogP contribution in [-0.4, -0.2) is 29.3 Å². The van der Waals surface area contributed by atoms with Crippen LogP contribution in [0.15, 0.2) is 27.6 Å². The predicted octanol–water partition coefficient (Wildman–Crippen LogP) is 2.84. The van der Waals surface area contributed by atoms with Crippen LogP contribution in [0.25, 0.3) is 0 Å². The van der Waals surface area contributed by atoms with E-state index in [9.17, 15) is 14.4 Å². The highest BCUT2D eigenvalue weighted by Gasteiger charge is 2.33. The third-order valence-electron chi connectivity index (χ3n) is 2.09. The molecule has 0 aromatic carbocycles. The molecule has 0 radical (unpaired) electrons. The molecule has 0 aliphatic rings. The number of Topliss-reactive ketones (excluding diaryl/α,β-unsaturated/α-hetero) is 1. The average Bonchev–Trinajstić information content (AvgIpc) is 2.20. The summed E-state index contributed by atoms with van der Waals surface area (Å²) in [7, 11) is 0. The lowest BCUT2D eigenvalue weighted by Crippen LogP contribution is -2.37. The first-order valence-corrected chi connectivity index (χ1v) is 6.34. The molecule has 122 valence electrons. The Bertz CT molecular complexity index is 572. The van der Waals surface area contributed by atoms with Crippen molar-refractivity contribution in [2.75, 3.05) is 0 Å². The minimum absolute atomic E-state index is 0.173. The fourth-order valence-electron chi connectivity index (χ4n) is 1.21. The first-order chi connectivity index (χ1) is 9.91. The standard InChI is InChI=1S/C14H18O8/c1-8(10(15)9-7-18-22-9)11(16)19-14(5,6)21-12(17)20-13(2,3)4/h7H,1H2,2-6H3. The van der Waals surface area contributed by atoms with E-state index in [4.69, 9.17) is 14.2 Å². The molecule has 0 N–H and O–H groups in total. The highest BCUT2D eigenvalue weighted by Crippen LogP contribution is 2.19. The molecular weight excluding hydrogens is 296 g/mol. The smallest absolute Gasteiger partial charge is 0.428 e. The third kappa shape index (κ3) is 5.12. The van der Waals surface area contributed by atoms with E-state index in [0.717, 1.165) is 6.26 Å². The van der Waals surface area contributed by atoms with Crippen molar-refractivity contribution >= 4 is 17.9 Å². The molecule has 1 aromatic heterocycles. The van der Waals surface area contributed by atoms with Crippen LogP contribution < -0.4 is 0 Å². The van der Waals surface area contributed by atoms with Gasteiger partial charge in [0.25, 0.3) is 11.5 Å². The average molecular weight is 314 g/mol. The van der Waals surface area contributed by atoms with Gasteiger partial charge in [-0.1, -0.05) is 6.58 Å². The zero-order valence-corrected chi connectivity index (χ0v) is 13.1. The number of ketones is 1. The maximum absolute atomic E-state index is 11.8. The highest BCUT2D eigenvalue weighted by molar-refractivity contribution is 6.22. The van der Waals surface area contributed by atoms with Crippen LogP contribution in [0.5, 0.6) is 0 Å². The summed E-state index contributed by atoms with van der Waals surface area (Å²) < 4.78 is 23.3. The van der Waals surface area contributed by atoms with Gasteiger partial charge in [0.15, 0.2) is 6.26 Å². The molecule has 0 bridgehead atoms. The molecule has 0 spiro atoms. The molecule has 0 amide bonds. The van der Waals surface area contributed by atoms with Crippen molar-refractivity contribution in [3.63, 3.8) is 0 Å². The fraction of sp³-hybridized carbons (Fsp3) is 0.500. The molecule has 0 fully saturated rings. The number of hydrogen-bond donors (Lipinski definition) is 0. The van der Waals surface area contributed by atoms with E-state index >= 15 is 0 Å². The zero-order valence-electron chi connectivity index (χ0n) is 13.1. The molecule has 22 heavy (non-hydrogen) atoms. The van der Waals surface area contributed by atoms with Crippen molar-refractivity contribution in [2.24, 2.45) is 0 Å². The molecule has 0 saturated carbocycles. The predicted molar refractivity (Wildman–Crippen MR) is 71.9 cm³/mol. The Balaban J connectivity index is 2.60. The van der Waals surface area contributed by atoms with Gasteiger partial charge in [0.05, 0.1) is 0 Å². The molecule has 8 heteroatoms. The second kappa shape index (κ2) is 6.08. The molecular formula is C14H18O8. The summed E-state index contributed by atoms with van der Waals surface area (Å²) in [6.07, 6.45) is 0.00373. The Kier molecular flexibility index (Phi) is 4.85. The number of ether oxygens (including phenoxy) is 3. The van der Waals surface area contributed by atoms with E-state index < -0.39 is 34.9 Å². The van der Waals surface area contributed by atoms with E-state index in [1.807, 2.05) is 0 Å². The third-order valence-corrected chi connectivity index (χ3v) is 2.09. The molecule has 1 rings (SSSR count). The van der Waals surface area contributed by atoms with Crippen LogP contribution >= 0.6 is 0 Å². The van der Waals surface area contributed by atoms with Crippen LogP contribution in [-0.2, 0) is 19.0 Å². The Morgan fingerprint density at radius 3 is 2.00 bits per heavy atom. The van der Waals surface area contributed by atoms with E-state index in [-0.39, 0.29) is 5.76 Å². The summed E-state index contributed by atoms with van der Waals surface area (Å²) in [6.45, 7) is 10.9. The molecule has 1 aromatic rings. The lowest BCUT2D eigenvalue weighted by molar-refractivity contribution is -0.199. The molecule has 0 atom stereocenters. The largest absolute Gasteiger partial charge is 0.512 e. The van der Waals surface area contributed by atoms with Crippen LogP contribution in [0.4, 0.5) is 4.79 Å². The van der Waals surface area contributed by atoms with E-state index in [1.165, 1.54) is 13.8 Å². The van der Waals surface area contributed by atoms with Crippen molar-refractivity contribution < 1.29 is 37.7 Å². The van der Waals surface area contributed by atoms with Crippen molar-refractivity contribution in [2.45, 2.75) is 46.0 Å². The Labute approximate surface area is 126 Å². The van der Waals surface area contributed by atoms with Gasteiger partial charge in [-0.05, 0) is 20.8 Å². The first kappa shape index (κ1) is 17.5.